The van der Waals surface area contributed by atoms with E-state index in [9.17, 15) is 4.79 Å². The zero-order chi connectivity index (χ0) is 17.2. The zero-order valence-corrected chi connectivity index (χ0v) is 14.9. The maximum Gasteiger partial charge on any atom is 0.319 e. The van der Waals surface area contributed by atoms with Gasteiger partial charge < -0.3 is 20.7 Å². The maximum absolute atomic E-state index is 11.7. The Morgan fingerprint density at radius 2 is 1.88 bits per heavy atom. The SMILES string of the molecule is CCCNC(=O)Nc1cccc(SNc2cccc(CNC)c2)c1. The molecule has 0 aliphatic heterocycles. The third kappa shape index (κ3) is 6.14. The Morgan fingerprint density at radius 1 is 1.08 bits per heavy atom. The van der Waals surface area contributed by atoms with Gasteiger partial charge in [-0.05, 0) is 61.3 Å². The summed E-state index contributed by atoms with van der Waals surface area (Å²) >= 11 is 1.52. The summed E-state index contributed by atoms with van der Waals surface area (Å²) in [6.45, 7) is 3.53. The molecule has 0 heterocycles. The normalized spacial score (nSPS) is 10.2. The van der Waals surface area contributed by atoms with Gasteiger partial charge in [0, 0.05) is 29.4 Å². The first-order chi connectivity index (χ1) is 11.7. The van der Waals surface area contributed by atoms with Crippen molar-refractivity contribution in [3.63, 3.8) is 0 Å². The molecular weight excluding hydrogens is 320 g/mol. The van der Waals surface area contributed by atoms with Gasteiger partial charge in [-0.25, -0.2) is 4.79 Å². The van der Waals surface area contributed by atoms with Gasteiger partial charge >= 0.3 is 6.03 Å². The number of nitrogens with one attached hydrogen (secondary N) is 4. The maximum atomic E-state index is 11.7. The second-order valence-electron chi connectivity index (χ2n) is 5.34. The lowest BCUT2D eigenvalue weighted by Gasteiger charge is -2.10. The average Bonchev–Trinajstić information content (AvgIpc) is 2.59. The van der Waals surface area contributed by atoms with Crippen molar-refractivity contribution in [2.45, 2.75) is 24.8 Å². The van der Waals surface area contributed by atoms with E-state index in [1.54, 1.807) is 0 Å². The van der Waals surface area contributed by atoms with Gasteiger partial charge in [-0.15, -0.1) is 0 Å². The van der Waals surface area contributed by atoms with Crippen LogP contribution in [-0.4, -0.2) is 19.6 Å². The Balaban J connectivity index is 1.92. The van der Waals surface area contributed by atoms with Crippen LogP contribution in [0.3, 0.4) is 0 Å². The quantitative estimate of drug-likeness (QED) is 0.545. The number of hydrogen-bond acceptors (Lipinski definition) is 4. The van der Waals surface area contributed by atoms with Crippen molar-refractivity contribution < 1.29 is 4.79 Å². The highest BCUT2D eigenvalue weighted by molar-refractivity contribution is 8.00. The standard InChI is InChI=1S/C18H24N4OS/c1-3-10-20-18(23)21-15-7-5-9-17(12-15)24-22-16-8-4-6-14(11-16)13-19-2/h4-9,11-12,19,22H,3,10,13H2,1-2H3,(H2,20,21,23). The minimum absolute atomic E-state index is 0.174. The van der Waals surface area contributed by atoms with Gasteiger partial charge in [0.1, 0.15) is 0 Å². The highest BCUT2D eigenvalue weighted by Crippen LogP contribution is 2.24. The average molecular weight is 344 g/mol. The van der Waals surface area contributed by atoms with Crippen LogP contribution < -0.4 is 20.7 Å². The number of anilines is 2. The van der Waals surface area contributed by atoms with Crippen LogP contribution in [0.5, 0.6) is 0 Å². The highest BCUT2D eigenvalue weighted by atomic mass is 32.2. The first-order valence-corrected chi connectivity index (χ1v) is 8.84. The molecule has 5 nitrogen and oxygen atoms in total. The number of rotatable bonds is 8. The molecule has 2 rings (SSSR count). The van der Waals surface area contributed by atoms with Gasteiger partial charge in [-0.3, -0.25) is 0 Å². The van der Waals surface area contributed by atoms with Crippen LogP contribution >= 0.6 is 11.9 Å². The molecule has 2 aromatic rings. The fourth-order valence-corrected chi connectivity index (χ4v) is 2.81. The van der Waals surface area contributed by atoms with Crippen LogP contribution in [0, 0.1) is 0 Å². The van der Waals surface area contributed by atoms with Gasteiger partial charge in [0.05, 0.1) is 0 Å². The third-order valence-corrected chi connectivity index (χ3v) is 4.05. The number of hydrogen-bond donors (Lipinski definition) is 4. The van der Waals surface area contributed by atoms with Gasteiger partial charge in [0.25, 0.3) is 0 Å². The molecule has 4 N–H and O–H groups in total. The number of carbonyl (C=O) groups is 1. The monoisotopic (exact) mass is 344 g/mol. The predicted molar refractivity (Wildman–Crippen MR) is 102 cm³/mol. The molecule has 0 atom stereocenters. The molecule has 0 aliphatic carbocycles. The second-order valence-corrected chi connectivity index (χ2v) is 6.22. The molecule has 0 unspecified atom stereocenters. The summed E-state index contributed by atoms with van der Waals surface area (Å²) < 4.78 is 3.34. The largest absolute Gasteiger partial charge is 0.338 e. The Morgan fingerprint density at radius 3 is 2.67 bits per heavy atom. The first kappa shape index (κ1) is 18.2. The van der Waals surface area contributed by atoms with Crippen molar-refractivity contribution in [2.24, 2.45) is 0 Å². The fraction of sp³-hybridized carbons (Fsp3) is 0.278. The predicted octanol–water partition coefficient (Wildman–Crippen LogP) is 4.06. The molecule has 2 aromatic carbocycles. The molecule has 0 saturated carbocycles. The lowest BCUT2D eigenvalue weighted by molar-refractivity contribution is 0.252. The number of urea groups is 1. The van der Waals surface area contributed by atoms with E-state index in [1.807, 2.05) is 50.4 Å². The van der Waals surface area contributed by atoms with Crippen LogP contribution in [0.4, 0.5) is 16.2 Å². The van der Waals surface area contributed by atoms with Gasteiger partial charge in [-0.2, -0.15) is 0 Å². The van der Waals surface area contributed by atoms with E-state index in [-0.39, 0.29) is 6.03 Å². The summed E-state index contributed by atoms with van der Waals surface area (Å²) in [5, 5.41) is 8.78. The van der Waals surface area contributed by atoms with Crippen LogP contribution in [0.2, 0.25) is 0 Å². The van der Waals surface area contributed by atoms with Gasteiger partial charge in [0.15, 0.2) is 0 Å². The van der Waals surface area contributed by atoms with Crippen LogP contribution in [-0.2, 0) is 6.54 Å². The van der Waals surface area contributed by atoms with Crippen LogP contribution in [0.1, 0.15) is 18.9 Å². The summed E-state index contributed by atoms with van der Waals surface area (Å²) in [6, 6.07) is 15.9. The minimum Gasteiger partial charge on any atom is -0.338 e. The Kier molecular flexibility index (Phi) is 7.45. The van der Waals surface area contributed by atoms with Gasteiger partial charge in [-0.1, -0.05) is 25.1 Å². The molecule has 0 spiro atoms. The summed E-state index contributed by atoms with van der Waals surface area (Å²) in [4.78, 5) is 12.7. The van der Waals surface area contributed by atoms with E-state index in [2.05, 4.69) is 32.8 Å². The number of carbonyl (C=O) groups excluding carboxylic acids is 1. The summed E-state index contributed by atoms with van der Waals surface area (Å²) in [7, 11) is 1.93. The van der Waals surface area contributed by atoms with E-state index in [0.29, 0.717) is 6.54 Å². The molecule has 0 fully saturated rings. The molecule has 0 radical (unpaired) electrons. The Labute approximate surface area is 147 Å². The minimum atomic E-state index is -0.174. The molecule has 2 amide bonds. The van der Waals surface area contributed by atoms with E-state index < -0.39 is 0 Å². The van der Waals surface area contributed by atoms with Crippen molar-refractivity contribution in [3.8, 4) is 0 Å². The molecule has 0 saturated heterocycles. The van der Waals surface area contributed by atoms with E-state index >= 15 is 0 Å². The van der Waals surface area contributed by atoms with E-state index in [4.69, 9.17) is 0 Å². The Hall–Kier alpha value is -2.18. The van der Waals surface area contributed by atoms with Crippen LogP contribution in [0.15, 0.2) is 53.4 Å². The zero-order valence-electron chi connectivity index (χ0n) is 14.1. The molecule has 0 aromatic heterocycles. The lowest BCUT2D eigenvalue weighted by atomic mass is 10.2. The Bertz CT molecular complexity index is 663. The topological polar surface area (TPSA) is 65.2 Å². The fourth-order valence-electron chi connectivity index (χ4n) is 2.12. The second kappa shape index (κ2) is 9.85. The van der Waals surface area contributed by atoms with Crippen molar-refractivity contribution in [1.82, 2.24) is 10.6 Å². The first-order valence-electron chi connectivity index (χ1n) is 8.02. The molecule has 0 aliphatic rings. The van der Waals surface area contributed by atoms with E-state index in [0.717, 1.165) is 29.2 Å². The summed E-state index contributed by atoms with van der Waals surface area (Å²) in [6.07, 6.45) is 0.917. The van der Waals surface area contributed by atoms with Crippen molar-refractivity contribution in [3.05, 3.63) is 54.1 Å². The third-order valence-electron chi connectivity index (χ3n) is 3.22. The highest BCUT2D eigenvalue weighted by Gasteiger charge is 2.02. The molecule has 24 heavy (non-hydrogen) atoms. The van der Waals surface area contributed by atoms with Crippen molar-refractivity contribution in [1.29, 1.82) is 0 Å². The van der Waals surface area contributed by atoms with E-state index in [1.165, 1.54) is 17.5 Å². The van der Waals surface area contributed by atoms with Crippen LogP contribution in [0.25, 0.3) is 0 Å². The molecule has 0 bridgehead atoms. The smallest absolute Gasteiger partial charge is 0.319 e. The molecule has 128 valence electrons. The van der Waals surface area contributed by atoms with Crippen molar-refractivity contribution >= 4 is 29.4 Å². The lowest BCUT2D eigenvalue weighted by Crippen LogP contribution is -2.29. The summed E-state index contributed by atoms with van der Waals surface area (Å²) in [5.41, 5.74) is 3.05. The van der Waals surface area contributed by atoms with Crippen molar-refractivity contribution in [2.75, 3.05) is 23.6 Å². The number of benzene rings is 2. The van der Waals surface area contributed by atoms with Gasteiger partial charge in [0.2, 0.25) is 0 Å². The summed E-state index contributed by atoms with van der Waals surface area (Å²) in [5.74, 6) is 0. The molecular formula is C18H24N4OS. The molecule has 6 heteroatoms. The number of amides is 2.